The molecule has 0 saturated heterocycles. The van der Waals surface area contributed by atoms with Crippen molar-refractivity contribution in [3.05, 3.63) is 47.9 Å². The highest BCUT2D eigenvalue weighted by Crippen LogP contribution is 2.27. The van der Waals surface area contributed by atoms with E-state index in [0.29, 0.717) is 6.61 Å². The van der Waals surface area contributed by atoms with Gasteiger partial charge in [-0.25, -0.2) is 4.98 Å². The summed E-state index contributed by atoms with van der Waals surface area (Å²) in [4.78, 5) is 4.16. The Bertz CT molecular complexity index is 586. The molecule has 3 nitrogen and oxygen atoms in total. The van der Waals surface area contributed by atoms with Crippen LogP contribution in [0.15, 0.2) is 41.0 Å². The summed E-state index contributed by atoms with van der Waals surface area (Å²) in [7, 11) is 0. The molecule has 0 aliphatic carbocycles. The van der Waals surface area contributed by atoms with E-state index in [0.717, 1.165) is 21.7 Å². The molecule has 0 fully saturated rings. The summed E-state index contributed by atoms with van der Waals surface area (Å²) in [5.74, 6) is 1.57. The molecule has 3 rings (SSSR count). The van der Waals surface area contributed by atoms with Crippen LogP contribution in [0.4, 0.5) is 0 Å². The quantitative estimate of drug-likeness (QED) is 0.692. The Balaban J connectivity index is 1.86. The first kappa shape index (κ1) is 9.42. The number of hydrogen-bond acceptors (Lipinski definition) is 4. The number of hydrogen-bond donors (Lipinski definition) is 0. The fourth-order valence-electron chi connectivity index (χ4n) is 1.47. The number of para-hydroxylation sites is 1. The highest BCUT2D eigenvalue weighted by atomic mass is 32.1. The molecular weight excluding hydrogens is 222 g/mol. The number of thiazole rings is 1. The zero-order valence-electron chi connectivity index (χ0n) is 8.34. The molecule has 2 heterocycles. The van der Waals surface area contributed by atoms with Gasteiger partial charge in [0, 0.05) is 0 Å². The maximum atomic E-state index is 5.65. The van der Waals surface area contributed by atoms with Gasteiger partial charge in [0.15, 0.2) is 5.51 Å². The first-order chi connectivity index (χ1) is 7.93. The molecule has 4 heteroatoms. The molecule has 0 N–H and O–H groups in total. The van der Waals surface area contributed by atoms with Crippen LogP contribution in [-0.4, -0.2) is 4.98 Å². The van der Waals surface area contributed by atoms with E-state index in [4.69, 9.17) is 9.15 Å². The third kappa shape index (κ3) is 1.67. The van der Waals surface area contributed by atoms with Gasteiger partial charge < -0.3 is 9.15 Å². The molecule has 16 heavy (non-hydrogen) atoms. The van der Waals surface area contributed by atoms with Crippen molar-refractivity contribution in [1.29, 1.82) is 0 Å². The molecule has 0 atom stereocenters. The van der Waals surface area contributed by atoms with Crippen LogP contribution in [0.2, 0.25) is 0 Å². The highest BCUT2D eigenvalue weighted by Gasteiger charge is 2.05. The van der Waals surface area contributed by atoms with Gasteiger partial charge in [-0.2, -0.15) is 0 Å². The molecule has 2 aromatic heterocycles. The van der Waals surface area contributed by atoms with E-state index in [1.165, 1.54) is 11.3 Å². The molecule has 3 aromatic rings. The summed E-state index contributed by atoms with van der Waals surface area (Å²) in [6, 6.07) is 9.58. The van der Waals surface area contributed by atoms with E-state index in [-0.39, 0.29) is 0 Å². The van der Waals surface area contributed by atoms with E-state index < -0.39 is 0 Å². The summed E-state index contributed by atoms with van der Waals surface area (Å²) in [6.07, 6.45) is 1.63. The van der Waals surface area contributed by atoms with Crippen LogP contribution in [0.1, 0.15) is 5.76 Å². The summed E-state index contributed by atoms with van der Waals surface area (Å²) >= 11 is 1.49. The van der Waals surface area contributed by atoms with Gasteiger partial charge in [0.2, 0.25) is 0 Å². The number of fused-ring (bicyclic) bond motifs is 1. The molecule has 0 bridgehead atoms. The Labute approximate surface area is 96.3 Å². The second kappa shape index (κ2) is 3.98. The van der Waals surface area contributed by atoms with Crippen molar-refractivity contribution in [2.45, 2.75) is 6.61 Å². The van der Waals surface area contributed by atoms with Gasteiger partial charge >= 0.3 is 0 Å². The lowest BCUT2D eigenvalue weighted by molar-refractivity contribution is 0.273. The van der Waals surface area contributed by atoms with E-state index in [9.17, 15) is 0 Å². The fraction of sp³-hybridized carbons (Fsp3) is 0.0833. The standard InChI is InChI=1S/C12H8NO2S/c1-4-10(12-11(5-1)16-8-13-12)15-7-9-3-2-6-14-9/h1-6H,7H2. The van der Waals surface area contributed by atoms with E-state index in [1.807, 2.05) is 30.3 Å². The molecule has 0 saturated carbocycles. The van der Waals surface area contributed by atoms with E-state index in [1.54, 1.807) is 6.26 Å². The Hall–Kier alpha value is -1.81. The van der Waals surface area contributed by atoms with Gasteiger partial charge in [0.1, 0.15) is 23.6 Å². The summed E-state index contributed by atoms with van der Waals surface area (Å²) in [5, 5.41) is 0. The Kier molecular flexibility index (Phi) is 2.34. The van der Waals surface area contributed by atoms with Crippen LogP contribution in [0.5, 0.6) is 5.75 Å². The average Bonchev–Trinajstić information content (AvgIpc) is 2.97. The summed E-state index contributed by atoms with van der Waals surface area (Å²) in [5.41, 5.74) is 3.72. The minimum absolute atomic E-state index is 0.420. The molecule has 1 radical (unpaired) electrons. The van der Waals surface area contributed by atoms with Crippen LogP contribution in [0.3, 0.4) is 0 Å². The van der Waals surface area contributed by atoms with E-state index >= 15 is 0 Å². The van der Waals surface area contributed by atoms with Gasteiger partial charge in [0.25, 0.3) is 0 Å². The monoisotopic (exact) mass is 230 g/mol. The molecule has 1 aromatic carbocycles. The van der Waals surface area contributed by atoms with E-state index in [2.05, 4.69) is 10.5 Å². The topological polar surface area (TPSA) is 35.3 Å². The molecule has 0 spiro atoms. The first-order valence-corrected chi connectivity index (χ1v) is 5.66. The Morgan fingerprint density at radius 3 is 3.19 bits per heavy atom. The summed E-state index contributed by atoms with van der Waals surface area (Å²) < 4.78 is 11.9. The van der Waals surface area contributed by atoms with Crippen molar-refractivity contribution >= 4 is 21.6 Å². The van der Waals surface area contributed by atoms with Crippen LogP contribution in [0.25, 0.3) is 10.2 Å². The smallest absolute Gasteiger partial charge is 0.153 e. The summed E-state index contributed by atoms with van der Waals surface area (Å²) in [6.45, 7) is 0.420. The molecule has 0 unspecified atom stereocenters. The number of nitrogens with zero attached hydrogens (tertiary/aromatic N) is 1. The highest BCUT2D eigenvalue weighted by molar-refractivity contribution is 7.16. The van der Waals surface area contributed by atoms with Crippen LogP contribution < -0.4 is 4.74 Å². The second-order valence-corrected chi connectivity index (χ2v) is 4.10. The number of ether oxygens (including phenoxy) is 1. The minimum atomic E-state index is 0.420. The lowest BCUT2D eigenvalue weighted by atomic mass is 10.3. The predicted molar refractivity (Wildman–Crippen MR) is 61.5 cm³/mol. The minimum Gasteiger partial charge on any atom is -0.483 e. The van der Waals surface area contributed by atoms with Crippen molar-refractivity contribution in [2.75, 3.05) is 0 Å². The predicted octanol–water partition coefficient (Wildman–Crippen LogP) is 3.27. The molecule has 0 aliphatic heterocycles. The van der Waals surface area contributed by atoms with Crippen molar-refractivity contribution in [2.24, 2.45) is 0 Å². The van der Waals surface area contributed by atoms with Crippen LogP contribution in [0, 0.1) is 5.51 Å². The number of aromatic nitrogens is 1. The van der Waals surface area contributed by atoms with Gasteiger partial charge in [-0.05, 0) is 24.3 Å². The second-order valence-electron chi connectivity index (χ2n) is 3.28. The molecular formula is C12H8NO2S. The SMILES string of the molecule is [c]1nc2c(OCc3ccco3)cccc2s1. The maximum absolute atomic E-state index is 5.65. The molecule has 79 valence electrons. The Morgan fingerprint density at radius 1 is 1.31 bits per heavy atom. The largest absolute Gasteiger partial charge is 0.483 e. The maximum Gasteiger partial charge on any atom is 0.153 e. The van der Waals surface area contributed by atoms with Gasteiger partial charge in [0.05, 0.1) is 11.0 Å². The third-order valence-electron chi connectivity index (χ3n) is 2.23. The molecule has 0 amide bonds. The third-order valence-corrected chi connectivity index (χ3v) is 2.96. The molecule has 0 aliphatic rings. The zero-order valence-corrected chi connectivity index (χ0v) is 9.16. The lowest BCUT2D eigenvalue weighted by Crippen LogP contribution is -1.94. The van der Waals surface area contributed by atoms with Crippen molar-refractivity contribution in [3.8, 4) is 5.75 Å². The Morgan fingerprint density at radius 2 is 2.31 bits per heavy atom. The lowest BCUT2D eigenvalue weighted by Gasteiger charge is -2.04. The van der Waals surface area contributed by atoms with Crippen molar-refractivity contribution in [1.82, 2.24) is 4.98 Å². The van der Waals surface area contributed by atoms with Crippen molar-refractivity contribution in [3.63, 3.8) is 0 Å². The van der Waals surface area contributed by atoms with Gasteiger partial charge in [-0.3, -0.25) is 0 Å². The number of furan rings is 1. The number of rotatable bonds is 3. The average molecular weight is 230 g/mol. The fourth-order valence-corrected chi connectivity index (χ4v) is 2.10. The first-order valence-electron chi connectivity index (χ1n) is 4.84. The zero-order chi connectivity index (χ0) is 10.8. The van der Waals surface area contributed by atoms with Crippen molar-refractivity contribution < 1.29 is 9.15 Å². The normalized spacial score (nSPS) is 10.8. The van der Waals surface area contributed by atoms with Crippen LogP contribution >= 0.6 is 11.3 Å². The van der Waals surface area contributed by atoms with Gasteiger partial charge in [-0.15, -0.1) is 11.3 Å². The van der Waals surface area contributed by atoms with Crippen LogP contribution in [-0.2, 0) is 6.61 Å². The number of benzene rings is 1. The van der Waals surface area contributed by atoms with Gasteiger partial charge in [-0.1, -0.05) is 6.07 Å².